The molecule has 0 aliphatic carbocycles. The fourth-order valence-electron chi connectivity index (χ4n) is 3.64. The smallest absolute Gasteiger partial charge is 0.336 e. The number of rotatable bonds is 3. The minimum absolute atomic E-state index is 0.166. The molecule has 2 heterocycles. The van der Waals surface area contributed by atoms with E-state index in [1.54, 1.807) is 18.3 Å². The molecule has 1 aromatic carbocycles. The van der Waals surface area contributed by atoms with Crippen molar-refractivity contribution in [2.24, 2.45) is 5.41 Å². The van der Waals surface area contributed by atoms with Gasteiger partial charge in [-0.25, -0.2) is 4.79 Å². The van der Waals surface area contributed by atoms with Gasteiger partial charge in [-0.3, -0.25) is 9.78 Å². The van der Waals surface area contributed by atoms with Crippen LogP contribution in [0.15, 0.2) is 42.6 Å². The molecule has 1 saturated heterocycles. The molecular formula is C22H26N2O3. The van der Waals surface area contributed by atoms with Gasteiger partial charge in [-0.2, -0.15) is 0 Å². The number of carbonyl (C=O) groups excluding carboxylic acids is 1. The molecule has 2 aromatic rings. The summed E-state index contributed by atoms with van der Waals surface area (Å²) in [6.07, 6.45) is 3.66. The van der Waals surface area contributed by atoms with Crippen molar-refractivity contribution in [3.63, 3.8) is 0 Å². The Morgan fingerprint density at radius 2 is 1.93 bits per heavy atom. The van der Waals surface area contributed by atoms with Gasteiger partial charge >= 0.3 is 5.97 Å². The lowest BCUT2D eigenvalue weighted by Crippen LogP contribution is -2.44. The Morgan fingerprint density at radius 1 is 1.19 bits per heavy atom. The van der Waals surface area contributed by atoms with Gasteiger partial charge in [-0.1, -0.05) is 39.0 Å². The van der Waals surface area contributed by atoms with E-state index in [2.05, 4.69) is 4.98 Å². The van der Waals surface area contributed by atoms with E-state index in [1.165, 1.54) is 0 Å². The largest absolute Gasteiger partial charge is 0.478 e. The van der Waals surface area contributed by atoms with Crippen molar-refractivity contribution in [2.75, 3.05) is 13.1 Å². The highest BCUT2D eigenvalue weighted by Crippen LogP contribution is 2.31. The van der Waals surface area contributed by atoms with Crippen LogP contribution in [-0.4, -0.2) is 40.0 Å². The van der Waals surface area contributed by atoms with Crippen LogP contribution in [0.2, 0.25) is 0 Å². The number of carbonyl (C=O) groups is 2. The van der Waals surface area contributed by atoms with Gasteiger partial charge in [0.05, 0.1) is 5.56 Å². The molecule has 1 aliphatic rings. The summed E-state index contributed by atoms with van der Waals surface area (Å²) < 4.78 is 0. The lowest BCUT2D eigenvalue weighted by molar-refractivity contribution is -0.140. The molecule has 5 nitrogen and oxygen atoms in total. The molecular weight excluding hydrogens is 340 g/mol. The Labute approximate surface area is 160 Å². The molecule has 3 rings (SSSR count). The van der Waals surface area contributed by atoms with Crippen LogP contribution < -0.4 is 0 Å². The molecule has 1 atom stereocenters. The highest BCUT2D eigenvalue weighted by molar-refractivity contribution is 5.96. The fraction of sp³-hybridized carbons (Fsp3) is 0.409. The van der Waals surface area contributed by atoms with Gasteiger partial charge in [-0.05, 0) is 42.2 Å². The summed E-state index contributed by atoms with van der Waals surface area (Å²) in [5.74, 6) is -0.606. The first-order valence-electron chi connectivity index (χ1n) is 9.35. The third-order valence-corrected chi connectivity index (χ3v) is 5.02. The second-order valence-electron chi connectivity index (χ2n) is 8.16. The van der Waals surface area contributed by atoms with E-state index in [0.717, 1.165) is 30.6 Å². The average Bonchev–Trinajstić information content (AvgIpc) is 2.67. The van der Waals surface area contributed by atoms with Crippen LogP contribution in [0.3, 0.4) is 0 Å². The first-order valence-corrected chi connectivity index (χ1v) is 9.35. The molecule has 1 aromatic heterocycles. The van der Waals surface area contributed by atoms with E-state index >= 15 is 0 Å². The van der Waals surface area contributed by atoms with Crippen molar-refractivity contribution >= 4 is 11.9 Å². The van der Waals surface area contributed by atoms with E-state index in [0.29, 0.717) is 12.1 Å². The fourth-order valence-corrected chi connectivity index (χ4v) is 3.64. The molecule has 1 N–H and O–H groups in total. The Balaban J connectivity index is 1.88. The predicted molar refractivity (Wildman–Crippen MR) is 105 cm³/mol. The van der Waals surface area contributed by atoms with Crippen molar-refractivity contribution in [1.29, 1.82) is 0 Å². The molecule has 142 valence electrons. The number of pyridine rings is 1. The number of likely N-dealkylation sites (tertiary alicyclic amines) is 1. The van der Waals surface area contributed by atoms with E-state index < -0.39 is 11.4 Å². The first kappa shape index (κ1) is 19.1. The van der Waals surface area contributed by atoms with Crippen LogP contribution in [-0.2, 0) is 4.79 Å². The summed E-state index contributed by atoms with van der Waals surface area (Å²) in [6.45, 7) is 7.28. The second-order valence-corrected chi connectivity index (χ2v) is 8.16. The molecule has 1 amide bonds. The zero-order valence-electron chi connectivity index (χ0n) is 16.1. The van der Waals surface area contributed by atoms with Crippen LogP contribution in [0.5, 0.6) is 0 Å². The van der Waals surface area contributed by atoms with Crippen molar-refractivity contribution in [3.05, 3.63) is 53.9 Å². The average molecular weight is 366 g/mol. The lowest BCUT2D eigenvalue weighted by atomic mass is 9.89. The number of amides is 1. The Hall–Kier alpha value is -2.69. The van der Waals surface area contributed by atoms with E-state index in [1.807, 2.05) is 49.9 Å². The highest BCUT2D eigenvalue weighted by Gasteiger charge is 2.32. The zero-order valence-corrected chi connectivity index (χ0v) is 16.1. The van der Waals surface area contributed by atoms with Crippen molar-refractivity contribution in [2.45, 2.75) is 39.5 Å². The lowest BCUT2D eigenvalue weighted by Gasteiger charge is -2.36. The topological polar surface area (TPSA) is 70.5 Å². The number of aromatic nitrogens is 1. The second kappa shape index (κ2) is 7.51. The summed E-state index contributed by atoms with van der Waals surface area (Å²) in [5.41, 5.74) is 2.34. The molecule has 27 heavy (non-hydrogen) atoms. The minimum Gasteiger partial charge on any atom is -0.478 e. The van der Waals surface area contributed by atoms with Gasteiger partial charge in [0.15, 0.2) is 0 Å². The van der Waals surface area contributed by atoms with Crippen molar-refractivity contribution < 1.29 is 14.7 Å². The van der Waals surface area contributed by atoms with Gasteiger partial charge < -0.3 is 10.0 Å². The molecule has 1 fully saturated rings. The van der Waals surface area contributed by atoms with E-state index in [4.69, 9.17) is 0 Å². The summed E-state index contributed by atoms with van der Waals surface area (Å²) >= 11 is 0. The first-order chi connectivity index (χ1) is 12.8. The van der Waals surface area contributed by atoms with Gasteiger partial charge in [0.2, 0.25) is 5.91 Å². The molecule has 0 bridgehead atoms. The molecule has 0 spiro atoms. The summed E-state index contributed by atoms with van der Waals surface area (Å²) in [4.78, 5) is 30.7. The minimum atomic E-state index is -0.941. The number of carboxylic acid groups (broad SMARTS) is 1. The number of hydrogen-bond acceptors (Lipinski definition) is 3. The van der Waals surface area contributed by atoms with Crippen LogP contribution in [0.4, 0.5) is 0 Å². The molecule has 1 unspecified atom stereocenters. The quantitative estimate of drug-likeness (QED) is 0.884. The summed E-state index contributed by atoms with van der Waals surface area (Å²) in [5, 5.41) is 9.46. The van der Waals surface area contributed by atoms with Crippen LogP contribution in [0, 0.1) is 5.41 Å². The van der Waals surface area contributed by atoms with Crippen LogP contribution in [0.25, 0.3) is 11.1 Å². The summed E-state index contributed by atoms with van der Waals surface area (Å²) in [6, 6.07) is 10.8. The number of carboxylic acids is 1. The van der Waals surface area contributed by atoms with Crippen LogP contribution >= 0.6 is 0 Å². The van der Waals surface area contributed by atoms with Gasteiger partial charge in [0, 0.05) is 36.3 Å². The zero-order chi connectivity index (χ0) is 19.6. The van der Waals surface area contributed by atoms with Gasteiger partial charge in [-0.15, -0.1) is 0 Å². The Morgan fingerprint density at radius 3 is 2.63 bits per heavy atom. The number of benzene rings is 1. The molecule has 1 aliphatic heterocycles. The number of nitrogens with zero attached hydrogens (tertiary/aromatic N) is 2. The Kier molecular flexibility index (Phi) is 5.31. The molecule has 0 radical (unpaired) electrons. The number of hydrogen-bond donors (Lipinski definition) is 1. The normalized spacial score (nSPS) is 17.6. The maximum absolute atomic E-state index is 12.6. The Bertz CT molecular complexity index is 855. The SMILES string of the molecule is CC(C)(C)C(=O)N1CCCC(c2cc(-c3ccccc3C(=O)O)ccn2)C1. The molecule has 0 saturated carbocycles. The maximum atomic E-state index is 12.6. The number of aromatic carboxylic acids is 1. The third-order valence-electron chi connectivity index (χ3n) is 5.02. The highest BCUT2D eigenvalue weighted by atomic mass is 16.4. The monoisotopic (exact) mass is 366 g/mol. The maximum Gasteiger partial charge on any atom is 0.336 e. The number of piperidine rings is 1. The van der Waals surface area contributed by atoms with Gasteiger partial charge in [0.1, 0.15) is 0 Å². The van der Waals surface area contributed by atoms with Crippen LogP contribution in [0.1, 0.15) is 55.6 Å². The third kappa shape index (κ3) is 4.18. The van der Waals surface area contributed by atoms with E-state index in [-0.39, 0.29) is 17.4 Å². The van der Waals surface area contributed by atoms with Crippen molar-refractivity contribution in [1.82, 2.24) is 9.88 Å². The standard InChI is InChI=1S/C22H26N2O3/c1-22(2,3)21(27)24-12-6-7-16(14-24)19-13-15(10-11-23-19)17-8-4-5-9-18(17)20(25)26/h4-5,8-11,13,16H,6-7,12,14H2,1-3H3,(H,25,26). The molecule has 5 heteroatoms. The predicted octanol–water partition coefficient (Wildman–Crippen LogP) is 4.20. The van der Waals surface area contributed by atoms with E-state index in [9.17, 15) is 14.7 Å². The van der Waals surface area contributed by atoms with Gasteiger partial charge in [0.25, 0.3) is 0 Å². The summed E-state index contributed by atoms with van der Waals surface area (Å²) in [7, 11) is 0. The van der Waals surface area contributed by atoms with Crippen molar-refractivity contribution in [3.8, 4) is 11.1 Å².